The van der Waals surface area contributed by atoms with Crippen LogP contribution < -0.4 is 0 Å². The van der Waals surface area contributed by atoms with Gasteiger partial charge in [0.15, 0.2) is 0 Å². The van der Waals surface area contributed by atoms with Gasteiger partial charge in [-0.25, -0.2) is 43.9 Å². The number of hydrogen-bond donors (Lipinski definition) is 0. The third kappa shape index (κ3) is 11.1. The van der Waals surface area contributed by atoms with E-state index in [1.807, 2.05) is 36.4 Å². The quantitative estimate of drug-likeness (QED) is 0.112. The predicted molar refractivity (Wildman–Crippen MR) is 462 cm³/mol. The van der Waals surface area contributed by atoms with Crippen molar-refractivity contribution in [2.75, 3.05) is 0 Å². The van der Waals surface area contributed by atoms with Crippen LogP contribution in [0.5, 0.6) is 0 Å². The molecule has 120 heavy (non-hydrogen) atoms. The molecule has 0 aliphatic carbocycles. The van der Waals surface area contributed by atoms with Gasteiger partial charge in [-0.1, -0.05) is 97.1 Å². The molecule has 0 amide bonds. The van der Waals surface area contributed by atoms with Crippen LogP contribution in [0.4, 0.5) is 43.9 Å². The fraction of sp³-hybridized carbons (Fsp3) is 0.0189. The van der Waals surface area contributed by atoms with Crippen LogP contribution in [-0.4, -0.2) is 0 Å². The maximum Gasteiger partial charge on any atom is 0.143 e. The second kappa shape index (κ2) is 26.2. The molecule has 0 aliphatic heterocycles. The van der Waals surface area contributed by atoms with E-state index >= 15 is 17.6 Å². The van der Waals surface area contributed by atoms with Crippen LogP contribution in [0, 0.1) is 72.0 Å². The normalized spacial score (nSPS) is 12.2. The number of furan rings is 4. The zero-order valence-electron chi connectivity index (χ0n) is 63.1. The first-order chi connectivity index (χ1) is 58.3. The Morgan fingerprint density at radius 3 is 0.683 bits per heavy atom. The minimum atomic E-state index is -0.809. The van der Waals surface area contributed by atoms with E-state index in [-0.39, 0.29) is 33.9 Å². The molecule has 0 fully saturated rings. The molecule has 4 nitrogen and oxygen atoms in total. The Hall–Kier alpha value is -15.0. The highest BCUT2D eigenvalue weighted by Crippen LogP contribution is 2.55. The molecule has 0 atom stereocenters. The summed E-state index contributed by atoms with van der Waals surface area (Å²) in [5, 5.41) is 15.7. The van der Waals surface area contributed by atoms with E-state index in [0.29, 0.717) is 98.4 Å². The molecule has 572 valence electrons. The summed E-state index contributed by atoms with van der Waals surface area (Å²) < 4.78 is 174. The van der Waals surface area contributed by atoms with Gasteiger partial charge in [-0.15, -0.1) is 0 Å². The van der Waals surface area contributed by atoms with Gasteiger partial charge in [0.1, 0.15) is 103 Å². The zero-order valence-corrected chi connectivity index (χ0v) is 63.1. The smallest absolute Gasteiger partial charge is 0.143 e. The van der Waals surface area contributed by atoms with Crippen LogP contribution in [0.25, 0.3) is 241 Å². The number of aryl methyl sites for hydroxylation is 2. The summed E-state index contributed by atoms with van der Waals surface area (Å²) in [7, 11) is 0. The summed E-state index contributed by atoms with van der Waals surface area (Å²) >= 11 is 0. The average Bonchev–Trinajstić information content (AvgIpc) is 1.39. The van der Waals surface area contributed by atoms with Gasteiger partial charge in [0.2, 0.25) is 0 Å². The fourth-order valence-electron chi connectivity index (χ4n) is 18.7. The van der Waals surface area contributed by atoms with Crippen molar-refractivity contribution in [3.8, 4) is 89.0 Å². The highest BCUT2D eigenvalue weighted by atomic mass is 19.2. The monoisotopic (exact) mass is 1580 g/mol. The Balaban J connectivity index is 0.000000140. The van der Waals surface area contributed by atoms with Gasteiger partial charge in [-0.3, -0.25) is 0 Å². The maximum absolute atomic E-state index is 15.1. The Morgan fingerprint density at radius 1 is 0.158 bits per heavy atom. The second-order valence-electron chi connectivity index (χ2n) is 31.1. The summed E-state index contributed by atoms with van der Waals surface area (Å²) in [6, 6.07) is 82.3. The molecule has 4 heterocycles. The summed E-state index contributed by atoms with van der Waals surface area (Å²) in [5.41, 5.74) is 18.0. The van der Waals surface area contributed by atoms with Crippen molar-refractivity contribution in [1.82, 2.24) is 0 Å². The molecule has 4 aromatic heterocycles. The van der Waals surface area contributed by atoms with Gasteiger partial charge < -0.3 is 17.7 Å². The SMILES string of the molecule is Cc1ccccc1-c1ccc2c(c1)oc1c2cc2c(-c3ccc(F)cc3)cc3c4oc5cc(-c6ccccc6C)ccc5c4cc4c(-c5ccc(F)cc5)cc1c2c43.Fc1cc(F)cc(-c2ccc3c(c2)oc2c3cc3c(-c4cc(F)cc(F)c4)cc4c5oc6cc(-c7cc(F)cc(F)c7)ccc6c5cc5c(-c6cc(F)cc(F)c6)cc2c3c54)c1. The van der Waals surface area contributed by atoms with Crippen molar-refractivity contribution in [2.45, 2.75) is 13.8 Å². The molecule has 0 saturated heterocycles. The fourth-order valence-corrected chi connectivity index (χ4v) is 18.7. The average molecular weight is 1580 g/mol. The minimum absolute atomic E-state index is 0.213. The van der Waals surface area contributed by atoms with Crippen LogP contribution in [0.3, 0.4) is 0 Å². The molecule has 0 N–H and O–H groups in total. The van der Waals surface area contributed by atoms with Crippen molar-refractivity contribution in [3.63, 3.8) is 0 Å². The molecular formula is C106H54F10O4. The van der Waals surface area contributed by atoms with E-state index in [4.69, 9.17) is 17.7 Å². The highest BCUT2D eigenvalue weighted by Gasteiger charge is 2.30. The lowest BCUT2D eigenvalue weighted by Gasteiger charge is -2.19. The third-order valence-electron chi connectivity index (χ3n) is 24.0. The van der Waals surface area contributed by atoms with Crippen molar-refractivity contribution in [3.05, 3.63) is 360 Å². The van der Waals surface area contributed by atoms with Gasteiger partial charge in [-0.2, -0.15) is 0 Å². The predicted octanol–water partition coefficient (Wildman–Crippen LogP) is 32.1. The first kappa shape index (κ1) is 70.4. The van der Waals surface area contributed by atoms with Gasteiger partial charge in [0, 0.05) is 110 Å². The number of fused-ring (bicyclic) bond motifs is 16. The molecular weight excluding hydrogens is 1530 g/mol. The van der Waals surface area contributed by atoms with Crippen molar-refractivity contribution in [1.29, 1.82) is 0 Å². The first-order valence-electron chi connectivity index (χ1n) is 38.8. The van der Waals surface area contributed by atoms with Crippen LogP contribution in [0.2, 0.25) is 0 Å². The molecule has 0 unspecified atom stereocenters. The molecule has 0 saturated carbocycles. The molecule has 0 aliphatic rings. The van der Waals surface area contributed by atoms with E-state index in [0.717, 1.165) is 145 Å². The summed E-state index contributed by atoms with van der Waals surface area (Å²) in [5.74, 6) is -6.83. The van der Waals surface area contributed by atoms with Crippen molar-refractivity contribution < 1.29 is 61.6 Å². The standard InChI is InChI=1S/C54H32F2O2.C52H22F8O2/c1-29-7-3-5-9-37(29)33-15-21-39-45-27-43-42(32-13-19-36(56)20-14-32)26-48-52-44(28-46-40-22-16-34(24-50(40)58-54(46)48)38-10-6-4-8-30(38)2)41(31-11-17-35(55)18-12-31)25-47(51(43)52)53(45)57-49(39)23-33;53-29-5-25(6-30(54)15-29)23-1-3-37-43-21-41-39(27-9-33(57)17-34(58)10-27)20-46-50-42(22-44-38-4-2-24(14-48(38)62-52(44)46)26-7-31(55)16-32(56)8-26)40(28-11-35(59)18-36(60)12-28)19-45(49(41)50)51(43)61-47(37)13-23/h3-28H,1-2H3;1-22H. The Bertz CT molecular complexity index is 7980. The van der Waals surface area contributed by atoms with Crippen LogP contribution in [0.15, 0.2) is 309 Å². The summed E-state index contributed by atoms with van der Waals surface area (Å²) in [4.78, 5) is 0. The molecule has 14 heteroatoms. The number of rotatable bonds is 8. The van der Waals surface area contributed by atoms with Gasteiger partial charge in [0.05, 0.1) is 0 Å². The van der Waals surface area contributed by atoms with Crippen LogP contribution in [0.1, 0.15) is 11.1 Å². The lowest BCUT2D eigenvalue weighted by molar-refractivity contribution is 0.583. The van der Waals surface area contributed by atoms with E-state index in [2.05, 4.69) is 123 Å². The van der Waals surface area contributed by atoms with E-state index in [1.54, 1.807) is 48.5 Å². The van der Waals surface area contributed by atoms with Gasteiger partial charge in [0.25, 0.3) is 0 Å². The lowest BCUT2D eigenvalue weighted by Crippen LogP contribution is -1.93. The van der Waals surface area contributed by atoms with Gasteiger partial charge >= 0.3 is 0 Å². The van der Waals surface area contributed by atoms with Crippen molar-refractivity contribution >= 4 is 152 Å². The Kier molecular flexibility index (Phi) is 15.4. The molecule has 0 spiro atoms. The van der Waals surface area contributed by atoms with E-state index in [1.165, 1.54) is 83.9 Å². The topological polar surface area (TPSA) is 52.6 Å². The number of hydrogen-bond acceptors (Lipinski definition) is 4. The molecule has 0 bridgehead atoms. The zero-order chi connectivity index (χ0) is 81.1. The summed E-state index contributed by atoms with van der Waals surface area (Å²) in [6.07, 6.45) is 0. The van der Waals surface area contributed by atoms with E-state index in [9.17, 15) is 26.3 Å². The molecule has 24 aromatic rings. The lowest BCUT2D eigenvalue weighted by atomic mass is 9.84. The number of benzene rings is 20. The van der Waals surface area contributed by atoms with E-state index < -0.39 is 46.5 Å². The van der Waals surface area contributed by atoms with Crippen LogP contribution in [-0.2, 0) is 0 Å². The second-order valence-corrected chi connectivity index (χ2v) is 31.1. The Labute approximate surface area is 673 Å². The Morgan fingerprint density at radius 2 is 0.400 bits per heavy atom. The largest absolute Gasteiger partial charge is 0.455 e. The first-order valence-corrected chi connectivity index (χ1v) is 38.8. The third-order valence-corrected chi connectivity index (χ3v) is 24.0. The minimum Gasteiger partial charge on any atom is -0.455 e. The number of halogens is 10. The molecule has 0 radical (unpaired) electrons. The maximum atomic E-state index is 15.1. The van der Waals surface area contributed by atoms with Crippen LogP contribution >= 0.6 is 0 Å². The summed E-state index contributed by atoms with van der Waals surface area (Å²) in [6.45, 7) is 4.25. The molecule has 24 rings (SSSR count). The highest BCUT2D eigenvalue weighted by molar-refractivity contribution is 6.41. The van der Waals surface area contributed by atoms with Crippen molar-refractivity contribution in [2.24, 2.45) is 0 Å². The van der Waals surface area contributed by atoms with Gasteiger partial charge in [-0.05, 0) is 305 Å². The molecule has 20 aromatic carbocycles.